The molecule has 1 saturated heterocycles. The number of phenolic OH excluding ortho intramolecular Hbond substituents is 1. The lowest BCUT2D eigenvalue weighted by Crippen LogP contribution is -2.50. The zero-order valence-corrected chi connectivity index (χ0v) is 15.7. The molecule has 0 aromatic heterocycles. The van der Waals surface area contributed by atoms with E-state index in [-0.39, 0.29) is 17.8 Å². The summed E-state index contributed by atoms with van der Waals surface area (Å²) in [5.41, 5.74) is 2.24. The molecular weight excluding hydrogens is 354 g/mol. The van der Waals surface area contributed by atoms with Crippen molar-refractivity contribution in [2.24, 2.45) is 0 Å². The molecule has 1 fully saturated rings. The van der Waals surface area contributed by atoms with Crippen LogP contribution in [0.3, 0.4) is 0 Å². The molecule has 1 aromatic rings. The summed E-state index contributed by atoms with van der Waals surface area (Å²) < 4.78 is 24.5. The number of carbonyl (C=O) groups excluding carboxylic acids is 1. The summed E-state index contributed by atoms with van der Waals surface area (Å²) in [6.07, 6.45) is 5.31. The molecule has 142 valence electrons. The molecule has 26 heavy (non-hydrogen) atoms. The maximum atomic E-state index is 12.5. The Bertz CT molecular complexity index is 781. The number of nitrogens with one attached hydrogen (secondary N) is 1. The monoisotopic (exact) mass is 379 g/mol. The second kappa shape index (κ2) is 7.67. The number of nitrogens with zero attached hydrogens (tertiary/aromatic N) is 2. The highest BCUT2D eigenvalue weighted by Gasteiger charge is 2.27. The minimum atomic E-state index is -3.15. The average Bonchev–Trinajstić information content (AvgIpc) is 2.62. The molecule has 0 bridgehead atoms. The fraction of sp³-hybridized carbons (Fsp3) is 0.500. The molecule has 2 amide bonds. The maximum absolute atomic E-state index is 12.5. The van der Waals surface area contributed by atoms with Gasteiger partial charge >= 0.3 is 6.03 Å². The first kappa shape index (κ1) is 18.7. The highest BCUT2D eigenvalue weighted by Crippen LogP contribution is 2.24. The largest absolute Gasteiger partial charge is 0.508 e. The van der Waals surface area contributed by atoms with Crippen LogP contribution in [-0.4, -0.2) is 67.2 Å². The maximum Gasteiger partial charge on any atom is 0.317 e. The third-order valence-corrected chi connectivity index (χ3v) is 6.29. The Morgan fingerprint density at radius 3 is 2.35 bits per heavy atom. The molecule has 0 saturated carbocycles. The third-order valence-electron chi connectivity index (χ3n) is 4.98. The predicted molar refractivity (Wildman–Crippen MR) is 100 cm³/mol. The number of hydrogen-bond acceptors (Lipinski definition) is 4. The van der Waals surface area contributed by atoms with E-state index in [1.807, 2.05) is 18.2 Å². The van der Waals surface area contributed by atoms with E-state index >= 15 is 0 Å². The van der Waals surface area contributed by atoms with Crippen LogP contribution in [-0.2, 0) is 10.0 Å². The number of phenols is 1. The van der Waals surface area contributed by atoms with Gasteiger partial charge in [-0.05, 0) is 42.5 Å². The van der Waals surface area contributed by atoms with Gasteiger partial charge in [0.15, 0.2) is 0 Å². The number of sulfonamides is 1. The van der Waals surface area contributed by atoms with E-state index in [0.717, 1.165) is 12.0 Å². The minimum absolute atomic E-state index is 0.0166. The van der Waals surface area contributed by atoms with Crippen molar-refractivity contribution in [1.82, 2.24) is 14.5 Å². The van der Waals surface area contributed by atoms with E-state index < -0.39 is 10.0 Å². The minimum Gasteiger partial charge on any atom is -0.508 e. The lowest BCUT2D eigenvalue weighted by molar-refractivity contribution is 0.192. The molecule has 2 heterocycles. The number of rotatable bonds is 3. The van der Waals surface area contributed by atoms with Crippen LogP contribution in [0.2, 0.25) is 0 Å². The van der Waals surface area contributed by atoms with Crippen molar-refractivity contribution in [1.29, 1.82) is 0 Å². The van der Waals surface area contributed by atoms with Gasteiger partial charge in [-0.25, -0.2) is 17.5 Å². The van der Waals surface area contributed by atoms with Gasteiger partial charge in [-0.15, -0.1) is 0 Å². The van der Waals surface area contributed by atoms with Gasteiger partial charge in [0.2, 0.25) is 10.0 Å². The number of benzene rings is 1. The number of carbonyl (C=O) groups is 1. The average molecular weight is 379 g/mol. The molecule has 0 unspecified atom stereocenters. The van der Waals surface area contributed by atoms with Crippen molar-refractivity contribution < 1.29 is 18.3 Å². The summed E-state index contributed by atoms with van der Waals surface area (Å²) in [4.78, 5) is 14.2. The molecule has 2 aliphatic heterocycles. The Morgan fingerprint density at radius 2 is 1.81 bits per heavy atom. The highest BCUT2D eigenvalue weighted by atomic mass is 32.2. The molecule has 0 spiro atoms. The summed E-state index contributed by atoms with van der Waals surface area (Å²) in [6.45, 7) is 2.09. The molecule has 2 aliphatic rings. The normalized spacial score (nSPS) is 19.9. The van der Waals surface area contributed by atoms with Gasteiger partial charge in [-0.2, -0.15) is 0 Å². The van der Waals surface area contributed by atoms with Crippen LogP contribution >= 0.6 is 0 Å². The van der Waals surface area contributed by atoms with Crippen molar-refractivity contribution in [2.75, 3.05) is 32.4 Å². The quantitative estimate of drug-likeness (QED) is 0.835. The predicted octanol–water partition coefficient (Wildman–Crippen LogP) is 1.61. The van der Waals surface area contributed by atoms with Crippen molar-refractivity contribution >= 4 is 21.6 Å². The van der Waals surface area contributed by atoms with Crippen LogP contribution in [0.1, 0.15) is 24.8 Å². The Balaban J connectivity index is 1.50. The van der Waals surface area contributed by atoms with E-state index in [2.05, 4.69) is 5.32 Å². The smallest absolute Gasteiger partial charge is 0.317 e. The van der Waals surface area contributed by atoms with E-state index in [4.69, 9.17) is 0 Å². The number of amides is 2. The molecule has 0 radical (unpaired) electrons. The third kappa shape index (κ3) is 4.56. The van der Waals surface area contributed by atoms with Crippen LogP contribution in [0.25, 0.3) is 5.57 Å². The molecule has 2 N–H and O–H groups in total. The summed E-state index contributed by atoms with van der Waals surface area (Å²) in [5.74, 6) is 0.244. The lowest BCUT2D eigenvalue weighted by atomic mass is 9.99. The Kier molecular flexibility index (Phi) is 5.52. The van der Waals surface area contributed by atoms with Gasteiger partial charge in [0.1, 0.15) is 5.75 Å². The molecule has 8 heteroatoms. The zero-order valence-electron chi connectivity index (χ0n) is 14.9. The van der Waals surface area contributed by atoms with Crippen LogP contribution in [0, 0.1) is 0 Å². The van der Waals surface area contributed by atoms with Crippen molar-refractivity contribution in [3.63, 3.8) is 0 Å². The first-order valence-electron chi connectivity index (χ1n) is 8.82. The van der Waals surface area contributed by atoms with E-state index in [1.54, 1.807) is 17.0 Å². The van der Waals surface area contributed by atoms with Crippen molar-refractivity contribution in [2.45, 2.75) is 25.3 Å². The van der Waals surface area contributed by atoms with E-state index in [9.17, 15) is 18.3 Å². The fourth-order valence-corrected chi connectivity index (χ4v) is 4.26. The van der Waals surface area contributed by atoms with Gasteiger partial charge in [0.05, 0.1) is 6.26 Å². The Hall–Kier alpha value is -2.06. The molecule has 1 aromatic carbocycles. The van der Waals surface area contributed by atoms with Gasteiger partial charge in [-0.1, -0.05) is 18.2 Å². The highest BCUT2D eigenvalue weighted by molar-refractivity contribution is 7.88. The van der Waals surface area contributed by atoms with Gasteiger partial charge in [-0.3, -0.25) is 0 Å². The molecule has 3 rings (SSSR count). The zero-order chi connectivity index (χ0) is 18.7. The number of aromatic hydroxyl groups is 1. The van der Waals surface area contributed by atoms with Crippen LogP contribution in [0.5, 0.6) is 5.75 Å². The van der Waals surface area contributed by atoms with Crippen LogP contribution in [0.15, 0.2) is 30.3 Å². The molecular formula is C18H25N3O4S. The van der Waals surface area contributed by atoms with Gasteiger partial charge in [0.25, 0.3) is 0 Å². The molecule has 0 aliphatic carbocycles. The van der Waals surface area contributed by atoms with Gasteiger partial charge < -0.3 is 15.3 Å². The number of piperidine rings is 1. The fourth-order valence-electron chi connectivity index (χ4n) is 3.39. The standard InChI is InChI=1S/C18H25N3O4S/c1-26(24,25)21-12-8-16(9-13-21)19-18(23)20-10-6-15(7-11-20)14-2-4-17(22)5-3-14/h2-6,16,22H,7-13H2,1H3,(H,19,23). The van der Waals surface area contributed by atoms with Crippen LogP contribution < -0.4 is 5.32 Å². The topological polar surface area (TPSA) is 90.0 Å². The van der Waals surface area contributed by atoms with Crippen molar-refractivity contribution in [3.05, 3.63) is 35.9 Å². The molecule has 7 nitrogen and oxygen atoms in total. The van der Waals surface area contributed by atoms with E-state index in [1.165, 1.54) is 16.1 Å². The van der Waals surface area contributed by atoms with Gasteiger partial charge in [0, 0.05) is 32.2 Å². The second-order valence-corrected chi connectivity index (χ2v) is 8.84. The Morgan fingerprint density at radius 1 is 1.15 bits per heavy atom. The van der Waals surface area contributed by atoms with E-state index in [0.29, 0.717) is 39.0 Å². The molecule has 0 atom stereocenters. The number of urea groups is 1. The lowest BCUT2D eigenvalue weighted by Gasteiger charge is -2.33. The number of hydrogen-bond donors (Lipinski definition) is 2. The van der Waals surface area contributed by atoms with Crippen molar-refractivity contribution in [3.8, 4) is 5.75 Å². The Labute approximate surface area is 154 Å². The summed E-state index contributed by atoms with van der Waals surface area (Å²) >= 11 is 0. The SMILES string of the molecule is CS(=O)(=O)N1CCC(NC(=O)N2CC=C(c3ccc(O)cc3)CC2)CC1. The second-order valence-electron chi connectivity index (χ2n) is 6.86. The summed E-state index contributed by atoms with van der Waals surface area (Å²) in [7, 11) is -3.15. The van der Waals surface area contributed by atoms with Crippen LogP contribution in [0.4, 0.5) is 4.79 Å². The summed E-state index contributed by atoms with van der Waals surface area (Å²) in [5, 5.41) is 12.4. The first-order chi connectivity index (χ1) is 12.3. The first-order valence-corrected chi connectivity index (χ1v) is 10.7. The summed E-state index contributed by atoms with van der Waals surface area (Å²) in [6, 6.07) is 7.02.